The molecule has 0 atom stereocenters. The maximum atomic E-state index is 8.03. The molecule has 0 saturated carbocycles. The van der Waals surface area contributed by atoms with Crippen LogP contribution in [0, 0.1) is 16.9 Å². The molecule has 0 spiro atoms. The van der Waals surface area contributed by atoms with Gasteiger partial charge in [0.1, 0.15) is 12.2 Å². The minimum absolute atomic E-state index is 0.0163. The molecule has 144 valence electrons. The Morgan fingerprint density at radius 1 is 1.22 bits per heavy atom. The Bertz CT molecular complexity index is 802. The molecule has 0 amide bonds. The lowest BCUT2D eigenvalue weighted by Crippen LogP contribution is -2.46. The van der Waals surface area contributed by atoms with Gasteiger partial charge in [0.25, 0.3) is 0 Å². The molecule has 2 heterocycles. The third-order valence-electron chi connectivity index (χ3n) is 4.96. The number of piperazine rings is 1. The Kier molecular flexibility index (Phi) is 5.95. The fraction of sp³-hybridized carbons (Fsp3) is 0.526. The predicted molar refractivity (Wildman–Crippen MR) is 105 cm³/mol. The van der Waals surface area contributed by atoms with E-state index >= 15 is 0 Å². The zero-order valence-corrected chi connectivity index (χ0v) is 16.3. The summed E-state index contributed by atoms with van der Waals surface area (Å²) in [4.78, 5) is 4.68. The van der Waals surface area contributed by atoms with E-state index in [0.29, 0.717) is 5.92 Å². The van der Waals surface area contributed by atoms with E-state index in [1.54, 1.807) is 6.33 Å². The summed E-state index contributed by atoms with van der Waals surface area (Å²) in [5.74, 6) is 1.56. The van der Waals surface area contributed by atoms with Gasteiger partial charge < -0.3 is 9.47 Å². The minimum Gasteiger partial charge on any atom is -0.368 e. The van der Waals surface area contributed by atoms with Crippen molar-refractivity contribution in [3.05, 3.63) is 41.5 Å². The van der Waals surface area contributed by atoms with E-state index < -0.39 is 0 Å². The number of anilines is 1. The van der Waals surface area contributed by atoms with E-state index in [-0.39, 0.29) is 5.84 Å². The number of nitrogens with zero attached hydrogens (tertiary/aromatic N) is 6. The van der Waals surface area contributed by atoms with Crippen molar-refractivity contribution in [2.45, 2.75) is 26.8 Å². The minimum atomic E-state index is 0.0163. The van der Waals surface area contributed by atoms with Crippen LogP contribution in [0.3, 0.4) is 0 Å². The molecule has 2 aromatic rings. The van der Waals surface area contributed by atoms with E-state index in [9.17, 15) is 0 Å². The molecule has 0 aliphatic carbocycles. The van der Waals surface area contributed by atoms with Gasteiger partial charge in [0.15, 0.2) is 5.84 Å². The van der Waals surface area contributed by atoms with Crippen LogP contribution in [0.4, 0.5) is 5.69 Å². The molecule has 0 unspecified atom stereocenters. The second kappa shape index (κ2) is 8.39. The number of aromatic nitrogens is 3. The second-order valence-corrected chi connectivity index (χ2v) is 7.53. The van der Waals surface area contributed by atoms with Crippen LogP contribution < -0.4 is 4.90 Å². The SMILES string of the molecule is CC(C)Cc1ccc(C(=N)N=N)c(N2CCN(Cc3nncn3C)CC2)c1. The average Bonchev–Trinajstić information content (AvgIpc) is 3.06. The number of amidine groups is 1. The highest BCUT2D eigenvalue weighted by molar-refractivity contribution is 6.01. The summed E-state index contributed by atoms with van der Waals surface area (Å²) in [5, 5.41) is 19.5. The number of rotatable bonds is 6. The maximum Gasteiger partial charge on any atom is 0.175 e. The van der Waals surface area contributed by atoms with Crippen LogP contribution in [-0.2, 0) is 20.0 Å². The van der Waals surface area contributed by atoms with Crippen LogP contribution >= 0.6 is 0 Å². The van der Waals surface area contributed by atoms with Gasteiger partial charge in [-0.25, -0.2) is 5.53 Å². The van der Waals surface area contributed by atoms with Crippen molar-refractivity contribution in [1.82, 2.24) is 19.7 Å². The van der Waals surface area contributed by atoms with Gasteiger partial charge in [0.05, 0.1) is 6.54 Å². The molecule has 1 fully saturated rings. The van der Waals surface area contributed by atoms with Crippen molar-refractivity contribution in [3.63, 3.8) is 0 Å². The molecular formula is C19H28N8. The van der Waals surface area contributed by atoms with E-state index in [1.807, 2.05) is 17.7 Å². The van der Waals surface area contributed by atoms with E-state index in [0.717, 1.165) is 56.2 Å². The third-order valence-corrected chi connectivity index (χ3v) is 4.96. The van der Waals surface area contributed by atoms with Crippen LogP contribution in [0.5, 0.6) is 0 Å². The van der Waals surface area contributed by atoms with Crippen molar-refractivity contribution >= 4 is 11.5 Å². The van der Waals surface area contributed by atoms with E-state index in [2.05, 4.69) is 51.1 Å². The Balaban J connectivity index is 1.74. The van der Waals surface area contributed by atoms with Gasteiger partial charge in [-0.1, -0.05) is 19.9 Å². The Hall–Kier alpha value is -2.61. The molecule has 2 N–H and O–H groups in total. The summed E-state index contributed by atoms with van der Waals surface area (Å²) < 4.78 is 1.96. The van der Waals surface area contributed by atoms with E-state index in [1.165, 1.54) is 5.56 Å². The van der Waals surface area contributed by atoms with Gasteiger partial charge in [-0.2, -0.15) is 0 Å². The number of hydrogen-bond acceptors (Lipinski definition) is 6. The Labute approximate surface area is 160 Å². The van der Waals surface area contributed by atoms with Crippen LogP contribution in [0.15, 0.2) is 29.6 Å². The molecular weight excluding hydrogens is 340 g/mol. The van der Waals surface area contributed by atoms with Crippen molar-refractivity contribution in [1.29, 1.82) is 10.9 Å². The predicted octanol–water partition coefficient (Wildman–Crippen LogP) is 2.69. The molecule has 8 heteroatoms. The van der Waals surface area contributed by atoms with Crippen LogP contribution in [0.25, 0.3) is 0 Å². The number of hydrogen-bond donors (Lipinski definition) is 2. The third kappa shape index (κ3) is 4.57. The highest BCUT2D eigenvalue weighted by Gasteiger charge is 2.22. The monoisotopic (exact) mass is 368 g/mol. The largest absolute Gasteiger partial charge is 0.368 e. The fourth-order valence-electron chi connectivity index (χ4n) is 3.49. The normalized spacial score (nSPS) is 15.3. The standard InChI is InChI=1S/C19H28N8/c1-14(2)10-15-4-5-16(19(20)23-21)17(11-15)27-8-6-26(7-9-27)12-18-24-22-13-25(18)3/h4-5,11,13-14,20-21H,6-10,12H2,1-3H3. The highest BCUT2D eigenvalue weighted by atomic mass is 15.3. The second-order valence-electron chi connectivity index (χ2n) is 7.53. The Morgan fingerprint density at radius 2 is 1.96 bits per heavy atom. The summed E-state index contributed by atoms with van der Waals surface area (Å²) in [6.45, 7) is 8.81. The molecule has 0 bridgehead atoms. The van der Waals surface area contributed by atoms with Crippen LogP contribution in [0.2, 0.25) is 0 Å². The van der Waals surface area contributed by atoms with Crippen LogP contribution in [-0.4, -0.2) is 51.7 Å². The average molecular weight is 368 g/mol. The highest BCUT2D eigenvalue weighted by Crippen LogP contribution is 2.26. The summed E-state index contributed by atoms with van der Waals surface area (Å²) in [7, 11) is 1.97. The molecule has 27 heavy (non-hydrogen) atoms. The number of benzene rings is 1. The van der Waals surface area contributed by atoms with Gasteiger partial charge >= 0.3 is 0 Å². The first-order valence-corrected chi connectivity index (χ1v) is 9.37. The topological polar surface area (TPSA) is 97.2 Å². The summed E-state index contributed by atoms with van der Waals surface area (Å²) >= 11 is 0. The van der Waals surface area contributed by atoms with E-state index in [4.69, 9.17) is 10.9 Å². The lowest BCUT2D eigenvalue weighted by Gasteiger charge is -2.36. The lowest BCUT2D eigenvalue weighted by molar-refractivity contribution is 0.241. The quantitative estimate of drug-likeness (QED) is 0.465. The van der Waals surface area contributed by atoms with Gasteiger partial charge in [0.2, 0.25) is 0 Å². The van der Waals surface area contributed by atoms with Crippen molar-refractivity contribution < 1.29 is 0 Å². The summed E-state index contributed by atoms with van der Waals surface area (Å²) in [6.07, 6.45) is 2.73. The van der Waals surface area contributed by atoms with Crippen molar-refractivity contribution in [2.75, 3.05) is 31.1 Å². The number of aryl methyl sites for hydroxylation is 1. The molecule has 3 rings (SSSR count). The molecule has 0 radical (unpaired) electrons. The van der Waals surface area contributed by atoms with Gasteiger partial charge in [0, 0.05) is 44.5 Å². The molecule has 1 saturated heterocycles. The summed E-state index contributed by atoms with van der Waals surface area (Å²) in [5.41, 5.74) is 10.3. The molecule has 1 aliphatic heterocycles. The zero-order chi connectivity index (χ0) is 19.4. The number of nitrogens with one attached hydrogen (secondary N) is 2. The van der Waals surface area contributed by atoms with Crippen molar-refractivity contribution in [2.24, 2.45) is 18.1 Å². The van der Waals surface area contributed by atoms with Crippen LogP contribution in [0.1, 0.15) is 30.8 Å². The fourth-order valence-corrected chi connectivity index (χ4v) is 3.49. The van der Waals surface area contributed by atoms with Crippen molar-refractivity contribution in [3.8, 4) is 0 Å². The molecule has 8 nitrogen and oxygen atoms in total. The lowest BCUT2D eigenvalue weighted by atomic mass is 9.99. The summed E-state index contributed by atoms with van der Waals surface area (Å²) in [6, 6.07) is 6.18. The van der Waals surface area contributed by atoms with Gasteiger partial charge in [-0.05, 0) is 30.0 Å². The Morgan fingerprint density at radius 3 is 2.56 bits per heavy atom. The van der Waals surface area contributed by atoms with Gasteiger partial charge in [-0.3, -0.25) is 10.3 Å². The smallest absolute Gasteiger partial charge is 0.175 e. The molecule has 1 aliphatic rings. The molecule has 1 aromatic carbocycles. The molecule has 1 aromatic heterocycles. The maximum absolute atomic E-state index is 8.03. The zero-order valence-electron chi connectivity index (χ0n) is 16.3. The first-order chi connectivity index (χ1) is 13.0. The first-order valence-electron chi connectivity index (χ1n) is 9.37. The first kappa shape index (κ1) is 19.2. The van der Waals surface area contributed by atoms with Gasteiger partial charge in [-0.15, -0.1) is 15.3 Å².